The average Bonchev–Trinajstić information content (AvgIpc) is 3.55. The van der Waals surface area contributed by atoms with Crippen LogP contribution in [0.1, 0.15) is 0 Å². The third-order valence-electron chi connectivity index (χ3n) is 8.76. The van der Waals surface area contributed by atoms with E-state index in [1.54, 1.807) is 0 Å². The second-order valence-electron chi connectivity index (χ2n) is 11.0. The summed E-state index contributed by atoms with van der Waals surface area (Å²) in [6, 6.07) is 44.9. The van der Waals surface area contributed by atoms with Gasteiger partial charge in [-0.15, -0.1) is 0 Å². The highest BCUT2D eigenvalue weighted by Crippen LogP contribution is 2.49. The lowest BCUT2D eigenvalue weighted by Gasteiger charge is -2.14. The number of benzene rings is 6. The van der Waals surface area contributed by atoms with Crippen LogP contribution in [0.5, 0.6) is 0 Å². The summed E-state index contributed by atoms with van der Waals surface area (Å²) in [5.41, 5.74) is 11.1. The fourth-order valence-corrected chi connectivity index (χ4v) is 7.03. The summed E-state index contributed by atoms with van der Waals surface area (Å²) in [5, 5.41) is 5.99. The maximum atomic E-state index is 6.28. The van der Waals surface area contributed by atoms with Crippen LogP contribution in [-0.2, 0) is 0 Å². The van der Waals surface area contributed by atoms with Gasteiger partial charge in [-0.1, -0.05) is 103 Å². The largest absolute Gasteiger partial charge is 0.436 e. The maximum absolute atomic E-state index is 6.28. The molecule has 0 radical (unpaired) electrons. The summed E-state index contributed by atoms with van der Waals surface area (Å²) < 4.78 is 8.57. The highest BCUT2D eigenvalue weighted by Gasteiger charge is 2.27. The van der Waals surface area contributed by atoms with Gasteiger partial charge in [-0.3, -0.25) is 4.57 Å². The molecule has 1 aliphatic rings. The zero-order valence-electron chi connectivity index (χ0n) is 22.4. The number of aromatic nitrogens is 3. The van der Waals surface area contributed by atoms with E-state index < -0.39 is 0 Å². The topological polar surface area (TPSA) is 43.9 Å². The van der Waals surface area contributed by atoms with Gasteiger partial charge in [-0.2, -0.15) is 4.98 Å². The summed E-state index contributed by atoms with van der Waals surface area (Å²) in [5.74, 6) is 0.758. The van der Waals surface area contributed by atoms with Crippen LogP contribution in [0, 0.1) is 0 Å². The van der Waals surface area contributed by atoms with E-state index in [2.05, 4.69) is 102 Å². The molecule has 0 saturated heterocycles. The van der Waals surface area contributed by atoms with Gasteiger partial charge in [0.15, 0.2) is 5.82 Å². The predicted molar refractivity (Wildman–Crippen MR) is 171 cm³/mol. The van der Waals surface area contributed by atoms with E-state index in [1.807, 2.05) is 30.3 Å². The number of fused-ring (bicyclic) bond motifs is 5. The van der Waals surface area contributed by atoms with E-state index in [-0.39, 0.29) is 0 Å². The van der Waals surface area contributed by atoms with E-state index in [0.717, 1.165) is 44.6 Å². The van der Waals surface area contributed by atoms with Gasteiger partial charge in [0, 0.05) is 21.7 Å². The second-order valence-corrected chi connectivity index (χ2v) is 11.0. The first-order chi connectivity index (χ1) is 20.8. The molecule has 4 heteroatoms. The molecule has 6 aromatic carbocycles. The van der Waals surface area contributed by atoms with Gasteiger partial charge in [-0.25, -0.2) is 4.98 Å². The van der Waals surface area contributed by atoms with E-state index in [9.17, 15) is 0 Å². The molecule has 0 fully saturated rings. The normalized spacial score (nSPS) is 12.3. The summed E-state index contributed by atoms with van der Waals surface area (Å²) in [4.78, 5) is 10.5. The van der Waals surface area contributed by atoms with Crippen molar-refractivity contribution in [2.24, 2.45) is 0 Å². The van der Waals surface area contributed by atoms with Crippen molar-refractivity contribution in [2.45, 2.75) is 0 Å². The Morgan fingerprint density at radius 3 is 1.79 bits per heavy atom. The molecule has 10 rings (SSSR count). The average molecular weight is 536 g/mol. The molecule has 0 saturated carbocycles. The van der Waals surface area contributed by atoms with Crippen LogP contribution in [0.15, 0.2) is 132 Å². The van der Waals surface area contributed by atoms with Gasteiger partial charge in [0.05, 0.1) is 11.0 Å². The minimum Gasteiger partial charge on any atom is -0.436 e. The first-order valence-electron chi connectivity index (χ1n) is 14.2. The fraction of sp³-hybridized carbons (Fsp3) is 0. The van der Waals surface area contributed by atoms with Gasteiger partial charge < -0.3 is 4.42 Å². The third kappa shape index (κ3) is 2.76. The lowest BCUT2D eigenvalue weighted by Crippen LogP contribution is -2.03. The van der Waals surface area contributed by atoms with Crippen molar-refractivity contribution in [3.8, 4) is 39.3 Å². The smallest absolute Gasteiger partial charge is 0.248 e. The van der Waals surface area contributed by atoms with E-state index in [0.29, 0.717) is 5.71 Å². The van der Waals surface area contributed by atoms with Crippen molar-refractivity contribution < 1.29 is 4.42 Å². The summed E-state index contributed by atoms with van der Waals surface area (Å²) >= 11 is 0. The monoisotopic (exact) mass is 535 g/mol. The SMILES string of the molecule is c1ccc(-c2nc3c(nc2-n2c4cccc5c4c4c(cccc42)-c2cccc4cccc-5c24)oc2ccccc23)cc1. The lowest BCUT2D eigenvalue weighted by atomic mass is 9.93. The number of rotatable bonds is 2. The Kier molecular flexibility index (Phi) is 4.15. The zero-order chi connectivity index (χ0) is 27.4. The van der Waals surface area contributed by atoms with Gasteiger partial charge in [0.1, 0.15) is 16.8 Å². The molecule has 3 heterocycles. The number of nitrogens with zero attached hydrogens (tertiary/aromatic N) is 3. The van der Waals surface area contributed by atoms with Crippen molar-refractivity contribution in [3.63, 3.8) is 0 Å². The van der Waals surface area contributed by atoms with E-state index in [1.165, 1.54) is 43.8 Å². The quantitative estimate of drug-likeness (QED) is 0.221. The molecule has 0 atom stereocenters. The maximum Gasteiger partial charge on any atom is 0.248 e. The van der Waals surface area contributed by atoms with Crippen LogP contribution < -0.4 is 0 Å². The minimum atomic E-state index is 0.537. The molecule has 3 aromatic heterocycles. The summed E-state index contributed by atoms with van der Waals surface area (Å²) in [6.07, 6.45) is 0. The van der Waals surface area contributed by atoms with Gasteiger partial charge in [0.2, 0.25) is 5.71 Å². The molecule has 0 bridgehead atoms. The zero-order valence-corrected chi connectivity index (χ0v) is 22.4. The van der Waals surface area contributed by atoms with Gasteiger partial charge >= 0.3 is 0 Å². The van der Waals surface area contributed by atoms with E-state index >= 15 is 0 Å². The molecule has 42 heavy (non-hydrogen) atoms. The Bertz CT molecular complexity index is 2480. The standard InChI is InChI=1S/C38H21N3O/c1-2-10-23(11-3-1)35-37(40-38-36(39-35)28-14-4-5-21-31(28)42-38)41-29-19-8-17-26-24-15-6-12-22-13-7-16-25(32(22)24)27-18-9-20-30(41)34(27)33(26)29/h1-21H. The highest BCUT2D eigenvalue weighted by atomic mass is 16.3. The summed E-state index contributed by atoms with van der Waals surface area (Å²) in [6.45, 7) is 0. The number of para-hydroxylation sites is 1. The highest BCUT2D eigenvalue weighted by molar-refractivity contribution is 6.27. The third-order valence-corrected chi connectivity index (χ3v) is 8.76. The summed E-state index contributed by atoms with van der Waals surface area (Å²) in [7, 11) is 0. The Hall–Kier alpha value is -5.74. The van der Waals surface area contributed by atoms with Crippen LogP contribution in [0.2, 0.25) is 0 Å². The van der Waals surface area contributed by atoms with Gasteiger partial charge in [-0.05, 0) is 57.3 Å². The molecule has 0 amide bonds. The predicted octanol–water partition coefficient (Wildman–Crippen LogP) is 9.94. The Morgan fingerprint density at radius 1 is 0.500 bits per heavy atom. The Balaban J connectivity index is 1.41. The number of hydrogen-bond acceptors (Lipinski definition) is 3. The van der Waals surface area contributed by atoms with Crippen LogP contribution in [0.4, 0.5) is 0 Å². The van der Waals surface area contributed by atoms with Crippen LogP contribution >= 0.6 is 0 Å². The molecule has 194 valence electrons. The Morgan fingerprint density at radius 2 is 1.10 bits per heavy atom. The van der Waals surface area contributed by atoms with Gasteiger partial charge in [0.25, 0.3) is 0 Å². The molecule has 9 aromatic rings. The molecule has 0 unspecified atom stereocenters. The van der Waals surface area contributed by atoms with Crippen molar-refractivity contribution in [2.75, 3.05) is 0 Å². The van der Waals surface area contributed by atoms with Crippen molar-refractivity contribution in [1.82, 2.24) is 14.5 Å². The van der Waals surface area contributed by atoms with Crippen molar-refractivity contribution in [1.29, 1.82) is 0 Å². The fourth-order valence-electron chi connectivity index (χ4n) is 7.03. The molecule has 4 nitrogen and oxygen atoms in total. The second kappa shape index (κ2) is 7.93. The molecule has 0 spiro atoms. The molecule has 1 aliphatic carbocycles. The van der Waals surface area contributed by atoms with Crippen LogP contribution in [0.25, 0.3) is 94.1 Å². The first-order valence-corrected chi connectivity index (χ1v) is 14.2. The number of hydrogen-bond donors (Lipinski definition) is 0. The number of furan rings is 1. The van der Waals surface area contributed by atoms with Crippen molar-refractivity contribution >= 4 is 54.8 Å². The van der Waals surface area contributed by atoms with Crippen LogP contribution in [-0.4, -0.2) is 14.5 Å². The molecular formula is C38H21N3O. The van der Waals surface area contributed by atoms with Crippen LogP contribution in [0.3, 0.4) is 0 Å². The van der Waals surface area contributed by atoms with E-state index in [4.69, 9.17) is 14.4 Å². The molecular weight excluding hydrogens is 514 g/mol. The van der Waals surface area contributed by atoms with Crippen molar-refractivity contribution in [3.05, 3.63) is 127 Å². The molecule has 0 aliphatic heterocycles. The Labute approximate surface area is 240 Å². The lowest BCUT2D eigenvalue weighted by molar-refractivity contribution is 0.652. The molecule has 0 N–H and O–H groups in total. The minimum absolute atomic E-state index is 0.537. The first kappa shape index (κ1) is 22.0.